The molecule has 2 heterocycles. The van der Waals surface area contributed by atoms with E-state index in [2.05, 4.69) is 10.3 Å². The number of carbonyl (C=O) groups is 2. The molecule has 0 radical (unpaired) electrons. The number of nitrogens with zero attached hydrogens (tertiary/aromatic N) is 3. The summed E-state index contributed by atoms with van der Waals surface area (Å²) in [5.74, 6) is -0.0872. The largest absolute Gasteiger partial charge is 0.343 e. The van der Waals surface area contributed by atoms with Crippen LogP contribution in [0.1, 0.15) is 27.3 Å². The topological polar surface area (TPSA) is 67.2 Å². The number of amides is 2. The Bertz CT molecular complexity index is 997. The molecule has 0 spiro atoms. The molecule has 2 aromatic heterocycles. The van der Waals surface area contributed by atoms with Gasteiger partial charge in [0.15, 0.2) is 0 Å². The first-order chi connectivity index (χ1) is 13.4. The molecule has 0 bridgehead atoms. The van der Waals surface area contributed by atoms with Crippen molar-refractivity contribution in [2.75, 3.05) is 11.9 Å². The van der Waals surface area contributed by atoms with E-state index in [0.717, 1.165) is 11.3 Å². The van der Waals surface area contributed by atoms with E-state index < -0.39 is 0 Å². The van der Waals surface area contributed by atoms with E-state index in [0.29, 0.717) is 28.5 Å². The van der Waals surface area contributed by atoms with E-state index in [1.165, 1.54) is 0 Å². The molecule has 7 heteroatoms. The molecule has 6 nitrogen and oxygen atoms in total. The first-order valence-electron chi connectivity index (χ1n) is 8.77. The standard InChI is InChI=1S/C21H21ClN4O2/c1-14-11-18(13-26(21(28)23-2)17-5-4-10-24-12-17)25(3)19(14)20(27)15-6-8-16(22)9-7-15/h4-12H,13H2,1-3H3,(H,23,28). The molecule has 3 aromatic rings. The Balaban J connectivity index is 1.95. The number of aromatic nitrogens is 2. The smallest absolute Gasteiger partial charge is 0.322 e. The molecule has 2 amide bonds. The van der Waals surface area contributed by atoms with Gasteiger partial charge in [0, 0.05) is 36.6 Å². The number of ketones is 1. The first-order valence-corrected chi connectivity index (χ1v) is 9.15. The van der Waals surface area contributed by atoms with E-state index in [1.54, 1.807) is 54.7 Å². The van der Waals surface area contributed by atoms with Crippen LogP contribution in [0.15, 0.2) is 54.9 Å². The van der Waals surface area contributed by atoms with Crippen LogP contribution in [0.2, 0.25) is 5.02 Å². The van der Waals surface area contributed by atoms with E-state index >= 15 is 0 Å². The molecule has 0 aliphatic rings. The zero-order valence-electron chi connectivity index (χ0n) is 15.9. The quantitative estimate of drug-likeness (QED) is 0.664. The monoisotopic (exact) mass is 396 g/mol. The molecule has 144 valence electrons. The number of hydrogen-bond donors (Lipinski definition) is 1. The number of aryl methyl sites for hydroxylation is 1. The van der Waals surface area contributed by atoms with Crippen molar-refractivity contribution in [3.05, 3.63) is 82.4 Å². The highest BCUT2D eigenvalue weighted by molar-refractivity contribution is 6.30. The van der Waals surface area contributed by atoms with E-state index in [9.17, 15) is 9.59 Å². The summed E-state index contributed by atoms with van der Waals surface area (Å²) in [4.78, 5) is 31.1. The lowest BCUT2D eigenvalue weighted by atomic mass is 10.1. The maximum Gasteiger partial charge on any atom is 0.322 e. The highest BCUT2D eigenvalue weighted by Gasteiger charge is 2.22. The van der Waals surface area contributed by atoms with Gasteiger partial charge in [-0.05, 0) is 55.0 Å². The fourth-order valence-corrected chi connectivity index (χ4v) is 3.26. The Kier molecular flexibility index (Phi) is 5.80. The van der Waals surface area contributed by atoms with Gasteiger partial charge in [-0.3, -0.25) is 14.7 Å². The van der Waals surface area contributed by atoms with Gasteiger partial charge in [0.1, 0.15) is 0 Å². The van der Waals surface area contributed by atoms with Gasteiger partial charge in [0.25, 0.3) is 0 Å². The van der Waals surface area contributed by atoms with Crippen LogP contribution in [-0.4, -0.2) is 28.4 Å². The lowest BCUT2D eigenvalue weighted by molar-refractivity contribution is 0.103. The second-order valence-electron chi connectivity index (χ2n) is 6.41. The van der Waals surface area contributed by atoms with Gasteiger partial charge in [-0.25, -0.2) is 4.79 Å². The lowest BCUT2D eigenvalue weighted by Crippen LogP contribution is -2.38. The molecule has 28 heavy (non-hydrogen) atoms. The summed E-state index contributed by atoms with van der Waals surface area (Å²) in [5, 5.41) is 3.23. The highest BCUT2D eigenvalue weighted by atomic mass is 35.5. The lowest BCUT2D eigenvalue weighted by Gasteiger charge is -2.22. The van der Waals surface area contributed by atoms with Crippen molar-refractivity contribution in [2.24, 2.45) is 7.05 Å². The van der Waals surface area contributed by atoms with Crippen molar-refractivity contribution >= 4 is 29.1 Å². The molecule has 3 rings (SSSR count). The minimum atomic E-state index is -0.252. The van der Waals surface area contributed by atoms with Crippen LogP contribution in [0.3, 0.4) is 0 Å². The van der Waals surface area contributed by atoms with Crippen molar-refractivity contribution in [1.82, 2.24) is 14.9 Å². The number of anilines is 1. The number of rotatable bonds is 5. The minimum Gasteiger partial charge on any atom is -0.343 e. The molecule has 1 aromatic carbocycles. The maximum absolute atomic E-state index is 13.0. The third kappa shape index (κ3) is 3.92. The molecular weight excluding hydrogens is 376 g/mol. The third-order valence-corrected chi connectivity index (χ3v) is 4.83. The average Bonchev–Trinajstić information content (AvgIpc) is 2.99. The maximum atomic E-state index is 13.0. The zero-order chi connectivity index (χ0) is 20.3. The SMILES string of the molecule is CNC(=O)N(Cc1cc(C)c(C(=O)c2ccc(Cl)cc2)n1C)c1cccnc1. The number of urea groups is 1. The van der Waals surface area contributed by atoms with Crippen LogP contribution in [0.5, 0.6) is 0 Å². The normalized spacial score (nSPS) is 10.6. The summed E-state index contributed by atoms with van der Waals surface area (Å²) in [6.07, 6.45) is 3.28. The third-order valence-electron chi connectivity index (χ3n) is 4.58. The summed E-state index contributed by atoms with van der Waals surface area (Å²) in [7, 11) is 3.41. The van der Waals surface area contributed by atoms with Crippen LogP contribution in [0, 0.1) is 6.92 Å². The van der Waals surface area contributed by atoms with Crippen LogP contribution < -0.4 is 10.2 Å². The van der Waals surface area contributed by atoms with E-state index in [4.69, 9.17) is 11.6 Å². The number of pyridine rings is 1. The van der Waals surface area contributed by atoms with Gasteiger partial charge in [-0.15, -0.1) is 0 Å². The molecule has 0 fully saturated rings. The van der Waals surface area contributed by atoms with E-state index in [-0.39, 0.29) is 11.8 Å². The molecular formula is C21H21ClN4O2. The van der Waals surface area contributed by atoms with Crippen LogP contribution in [0.4, 0.5) is 10.5 Å². The predicted octanol–water partition coefficient (Wildman–Crippen LogP) is 3.96. The number of carbonyl (C=O) groups excluding carboxylic acids is 2. The van der Waals surface area contributed by atoms with Crippen molar-refractivity contribution in [3.8, 4) is 0 Å². The van der Waals surface area contributed by atoms with Crippen LogP contribution >= 0.6 is 11.6 Å². The second-order valence-corrected chi connectivity index (χ2v) is 6.85. The minimum absolute atomic E-state index is 0.0872. The molecule has 0 saturated carbocycles. The summed E-state index contributed by atoms with van der Waals surface area (Å²) in [5.41, 5.74) is 3.50. The summed E-state index contributed by atoms with van der Waals surface area (Å²) in [6.45, 7) is 2.19. The Hall–Kier alpha value is -3.12. The van der Waals surface area contributed by atoms with Gasteiger partial charge in [0.05, 0.1) is 24.1 Å². The molecule has 0 aliphatic carbocycles. The van der Waals surface area contributed by atoms with Gasteiger partial charge in [-0.1, -0.05) is 11.6 Å². The number of hydrogen-bond acceptors (Lipinski definition) is 3. The molecule has 0 saturated heterocycles. The second kappa shape index (κ2) is 8.27. The highest BCUT2D eigenvalue weighted by Crippen LogP contribution is 2.22. The number of nitrogens with one attached hydrogen (secondary N) is 1. The predicted molar refractivity (Wildman–Crippen MR) is 110 cm³/mol. The van der Waals surface area contributed by atoms with Gasteiger partial charge in [0.2, 0.25) is 5.78 Å². The average molecular weight is 397 g/mol. The van der Waals surface area contributed by atoms with Crippen LogP contribution in [0.25, 0.3) is 0 Å². The van der Waals surface area contributed by atoms with Gasteiger partial charge in [-0.2, -0.15) is 0 Å². The fourth-order valence-electron chi connectivity index (χ4n) is 3.14. The Morgan fingerprint density at radius 3 is 2.54 bits per heavy atom. The van der Waals surface area contributed by atoms with Crippen molar-refractivity contribution in [1.29, 1.82) is 0 Å². The Morgan fingerprint density at radius 2 is 1.93 bits per heavy atom. The summed E-state index contributed by atoms with van der Waals surface area (Å²) in [6, 6.07) is 12.1. The summed E-state index contributed by atoms with van der Waals surface area (Å²) >= 11 is 5.92. The van der Waals surface area contributed by atoms with Crippen molar-refractivity contribution in [3.63, 3.8) is 0 Å². The summed E-state index contributed by atoms with van der Waals surface area (Å²) < 4.78 is 1.83. The number of benzene rings is 1. The van der Waals surface area contributed by atoms with Gasteiger partial charge >= 0.3 is 6.03 Å². The van der Waals surface area contributed by atoms with Crippen molar-refractivity contribution < 1.29 is 9.59 Å². The Labute approximate surface area is 168 Å². The van der Waals surface area contributed by atoms with Gasteiger partial charge < -0.3 is 9.88 Å². The van der Waals surface area contributed by atoms with Crippen molar-refractivity contribution in [2.45, 2.75) is 13.5 Å². The molecule has 0 unspecified atom stereocenters. The van der Waals surface area contributed by atoms with E-state index in [1.807, 2.05) is 30.7 Å². The molecule has 0 atom stereocenters. The number of halogens is 1. The fraction of sp³-hybridized carbons (Fsp3) is 0.190. The first kappa shape index (κ1) is 19.6. The molecule has 0 aliphatic heterocycles. The zero-order valence-corrected chi connectivity index (χ0v) is 16.7. The Morgan fingerprint density at radius 1 is 1.21 bits per heavy atom. The molecule has 1 N–H and O–H groups in total. The van der Waals surface area contributed by atoms with Crippen LogP contribution in [-0.2, 0) is 13.6 Å².